The summed E-state index contributed by atoms with van der Waals surface area (Å²) in [7, 11) is 0. The van der Waals surface area contributed by atoms with Gasteiger partial charge in [-0.3, -0.25) is 9.97 Å². The van der Waals surface area contributed by atoms with Crippen molar-refractivity contribution >= 4 is 11.6 Å². The van der Waals surface area contributed by atoms with Crippen molar-refractivity contribution < 1.29 is 0 Å². The van der Waals surface area contributed by atoms with Gasteiger partial charge in [-0.15, -0.1) is 0 Å². The number of hydrogen-bond acceptors (Lipinski definition) is 7. The van der Waals surface area contributed by atoms with Crippen LogP contribution in [0, 0.1) is 27.7 Å². The molecule has 7 nitrogen and oxygen atoms in total. The molecule has 0 bridgehead atoms. The summed E-state index contributed by atoms with van der Waals surface area (Å²) < 4.78 is 0. The third-order valence-corrected chi connectivity index (χ3v) is 4.52. The van der Waals surface area contributed by atoms with Gasteiger partial charge in [-0.2, -0.15) is 0 Å². The summed E-state index contributed by atoms with van der Waals surface area (Å²) in [6.45, 7) is 9.60. The van der Waals surface area contributed by atoms with Gasteiger partial charge in [0.05, 0.1) is 22.8 Å². The lowest BCUT2D eigenvalue weighted by molar-refractivity contribution is 0.564. The van der Waals surface area contributed by atoms with Crippen molar-refractivity contribution in [1.82, 2.24) is 25.3 Å². The van der Waals surface area contributed by atoms with E-state index in [0.29, 0.717) is 12.1 Å². The van der Waals surface area contributed by atoms with E-state index < -0.39 is 0 Å². The molecule has 1 saturated heterocycles. The van der Waals surface area contributed by atoms with Gasteiger partial charge < -0.3 is 16.0 Å². The lowest BCUT2D eigenvalue weighted by Crippen LogP contribution is -2.38. The molecule has 0 aromatic carbocycles. The molecule has 2 aromatic heterocycles. The van der Waals surface area contributed by atoms with E-state index in [1.165, 1.54) is 0 Å². The maximum absolute atomic E-state index is 4.52. The van der Waals surface area contributed by atoms with Crippen molar-refractivity contribution in [3.05, 3.63) is 35.2 Å². The van der Waals surface area contributed by atoms with Crippen LogP contribution in [0.3, 0.4) is 0 Å². The van der Waals surface area contributed by atoms with Crippen LogP contribution in [0.5, 0.6) is 0 Å². The van der Waals surface area contributed by atoms with Crippen molar-refractivity contribution in [2.24, 2.45) is 0 Å². The molecule has 0 radical (unpaired) electrons. The average Bonchev–Trinajstić information content (AvgIpc) is 3.04. The van der Waals surface area contributed by atoms with E-state index in [1.54, 1.807) is 12.4 Å². The van der Waals surface area contributed by atoms with Gasteiger partial charge in [-0.1, -0.05) is 0 Å². The van der Waals surface area contributed by atoms with E-state index in [-0.39, 0.29) is 0 Å². The molecule has 0 amide bonds. The lowest BCUT2D eigenvalue weighted by Gasteiger charge is -2.17. The second-order valence-electron chi connectivity index (χ2n) is 6.79. The average molecular weight is 341 g/mol. The molecule has 1 aliphatic rings. The number of hydrogen-bond donors (Lipinski definition) is 3. The summed E-state index contributed by atoms with van der Waals surface area (Å²) in [6, 6.07) is 0.886. The first-order valence-electron chi connectivity index (χ1n) is 8.85. The van der Waals surface area contributed by atoms with Gasteiger partial charge in [0.25, 0.3) is 0 Å². The van der Waals surface area contributed by atoms with Crippen LogP contribution < -0.4 is 16.0 Å². The lowest BCUT2D eigenvalue weighted by atomic mass is 10.2. The van der Waals surface area contributed by atoms with Gasteiger partial charge in [0, 0.05) is 37.6 Å². The standard InChI is InChI=1S/C18H27N7/c1-11-7-19-13(3)17(23-11)21-9-15-5-6-16(25-15)10-22-18-14(4)20-8-12(2)24-18/h7-8,15-16,25H,5-6,9-10H2,1-4H3,(H,21,23)(H,22,24). The molecule has 2 unspecified atom stereocenters. The minimum absolute atomic E-state index is 0.443. The van der Waals surface area contributed by atoms with Gasteiger partial charge in [0.1, 0.15) is 11.6 Å². The first-order valence-corrected chi connectivity index (χ1v) is 8.85. The Morgan fingerprint density at radius 1 is 0.840 bits per heavy atom. The quantitative estimate of drug-likeness (QED) is 0.742. The second kappa shape index (κ2) is 7.74. The molecule has 134 valence electrons. The number of nitrogens with zero attached hydrogens (tertiary/aromatic N) is 4. The van der Waals surface area contributed by atoms with E-state index in [9.17, 15) is 0 Å². The minimum atomic E-state index is 0.443. The van der Waals surface area contributed by atoms with Crippen LogP contribution in [0.4, 0.5) is 11.6 Å². The Kier molecular flexibility index (Phi) is 5.43. The second-order valence-corrected chi connectivity index (χ2v) is 6.79. The fraction of sp³-hybridized carbons (Fsp3) is 0.556. The van der Waals surface area contributed by atoms with Crippen molar-refractivity contribution in [3.8, 4) is 0 Å². The molecule has 3 N–H and O–H groups in total. The summed E-state index contributed by atoms with van der Waals surface area (Å²) in [4.78, 5) is 17.7. The van der Waals surface area contributed by atoms with Crippen LogP contribution in [0.1, 0.15) is 35.6 Å². The molecular weight excluding hydrogens is 314 g/mol. The van der Waals surface area contributed by atoms with E-state index in [0.717, 1.165) is 60.3 Å². The molecule has 1 aliphatic heterocycles. The Bertz CT molecular complexity index is 670. The SMILES string of the molecule is Cc1cnc(C)c(NCC2CCC(CNc3nc(C)cnc3C)N2)n1. The van der Waals surface area contributed by atoms with Crippen LogP contribution in [0.25, 0.3) is 0 Å². The number of aryl methyl sites for hydroxylation is 4. The van der Waals surface area contributed by atoms with Crippen molar-refractivity contribution in [1.29, 1.82) is 0 Å². The first kappa shape index (κ1) is 17.5. The number of nitrogens with one attached hydrogen (secondary N) is 3. The van der Waals surface area contributed by atoms with Gasteiger partial charge >= 0.3 is 0 Å². The highest BCUT2D eigenvalue weighted by Gasteiger charge is 2.23. The predicted octanol–water partition coefficient (Wildman–Crippen LogP) is 2.14. The molecule has 0 saturated carbocycles. The van der Waals surface area contributed by atoms with Crippen LogP contribution in [0.2, 0.25) is 0 Å². The van der Waals surface area contributed by atoms with Crippen molar-refractivity contribution in [3.63, 3.8) is 0 Å². The number of aromatic nitrogens is 4. The highest BCUT2D eigenvalue weighted by molar-refractivity contribution is 5.40. The fourth-order valence-electron chi connectivity index (χ4n) is 3.07. The molecule has 0 aliphatic carbocycles. The van der Waals surface area contributed by atoms with Crippen LogP contribution >= 0.6 is 0 Å². The molecule has 2 aromatic rings. The Morgan fingerprint density at radius 2 is 1.28 bits per heavy atom. The summed E-state index contributed by atoms with van der Waals surface area (Å²) in [5, 5.41) is 10.5. The first-order chi connectivity index (χ1) is 12.0. The van der Waals surface area contributed by atoms with E-state index in [1.807, 2.05) is 27.7 Å². The molecule has 0 spiro atoms. The summed E-state index contributed by atoms with van der Waals surface area (Å²) >= 11 is 0. The fourth-order valence-corrected chi connectivity index (χ4v) is 3.07. The Labute approximate surface area is 149 Å². The zero-order valence-corrected chi connectivity index (χ0v) is 15.4. The van der Waals surface area contributed by atoms with Gasteiger partial charge in [-0.25, -0.2) is 9.97 Å². The van der Waals surface area contributed by atoms with E-state index >= 15 is 0 Å². The number of anilines is 2. The monoisotopic (exact) mass is 341 g/mol. The molecule has 1 fully saturated rings. The zero-order chi connectivity index (χ0) is 17.8. The summed E-state index contributed by atoms with van der Waals surface area (Å²) in [5.41, 5.74) is 3.75. The maximum atomic E-state index is 4.52. The van der Waals surface area contributed by atoms with Crippen LogP contribution in [-0.2, 0) is 0 Å². The summed E-state index contributed by atoms with van der Waals surface area (Å²) in [5.74, 6) is 1.77. The van der Waals surface area contributed by atoms with Crippen LogP contribution in [0.15, 0.2) is 12.4 Å². The van der Waals surface area contributed by atoms with Crippen molar-refractivity contribution in [2.45, 2.75) is 52.6 Å². The maximum Gasteiger partial charge on any atom is 0.147 e. The van der Waals surface area contributed by atoms with Gasteiger partial charge in [0.15, 0.2) is 0 Å². The zero-order valence-electron chi connectivity index (χ0n) is 15.4. The third-order valence-electron chi connectivity index (χ3n) is 4.52. The highest BCUT2D eigenvalue weighted by Crippen LogP contribution is 2.16. The predicted molar refractivity (Wildman–Crippen MR) is 99.9 cm³/mol. The highest BCUT2D eigenvalue weighted by atomic mass is 15.1. The third kappa shape index (κ3) is 4.63. The Balaban J connectivity index is 1.47. The molecular formula is C18H27N7. The normalized spacial score (nSPS) is 19.8. The Hall–Kier alpha value is -2.28. The molecule has 3 rings (SSSR count). The molecule has 3 heterocycles. The van der Waals surface area contributed by atoms with Gasteiger partial charge in [0.2, 0.25) is 0 Å². The summed E-state index contributed by atoms with van der Waals surface area (Å²) in [6.07, 6.45) is 5.89. The van der Waals surface area contributed by atoms with Crippen LogP contribution in [-0.4, -0.2) is 45.1 Å². The molecule has 25 heavy (non-hydrogen) atoms. The topological polar surface area (TPSA) is 87.7 Å². The van der Waals surface area contributed by atoms with Crippen molar-refractivity contribution in [2.75, 3.05) is 23.7 Å². The molecule has 2 atom stereocenters. The van der Waals surface area contributed by atoms with E-state index in [4.69, 9.17) is 0 Å². The molecule has 7 heteroatoms. The smallest absolute Gasteiger partial charge is 0.147 e. The largest absolute Gasteiger partial charge is 0.367 e. The van der Waals surface area contributed by atoms with E-state index in [2.05, 4.69) is 35.9 Å². The minimum Gasteiger partial charge on any atom is -0.367 e. The Morgan fingerprint density at radius 3 is 1.72 bits per heavy atom. The number of rotatable bonds is 6. The van der Waals surface area contributed by atoms with Gasteiger partial charge in [-0.05, 0) is 40.5 Å².